The van der Waals surface area contributed by atoms with Crippen LogP contribution in [0.5, 0.6) is 0 Å². The van der Waals surface area contributed by atoms with Crippen LogP contribution in [-0.2, 0) is 9.53 Å². The second-order valence-corrected chi connectivity index (χ2v) is 8.41. The van der Waals surface area contributed by atoms with Crippen LogP contribution in [-0.4, -0.2) is 47.4 Å². The molecular formula is C24H26FN3O4S. The van der Waals surface area contributed by atoms with Gasteiger partial charge in [0.25, 0.3) is 5.91 Å². The molecule has 0 spiro atoms. The smallest absolute Gasteiger partial charge is 0.338 e. The molecule has 9 heteroatoms. The molecule has 1 aromatic heterocycles. The Bertz CT molecular complexity index is 1150. The van der Waals surface area contributed by atoms with Crippen molar-refractivity contribution in [3.05, 3.63) is 59.4 Å². The number of amides is 2. The third-order valence-electron chi connectivity index (χ3n) is 4.83. The van der Waals surface area contributed by atoms with Crippen LogP contribution in [0.2, 0.25) is 0 Å². The standard InChI is InChI=1S/C24H26FN3O4S/c1-3-12-28(22(30)16-7-5-8-18(25)14-16)13-6-9-21(29)27-24-26-19-11-10-17(15-20(19)33-24)23(31)32-4-2/h5,7-8,10-11,14-15H,3-4,6,9,12-13H2,1-2H3,(H,26,27,29). The number of benzene rings is 2. The van der Waals surface area contributed by atoms with Crippen molar-refractivity contribution in [2.24, 2.45) is 0 Å². The summed E-state index contributed by atoms with van der Waals surface area (Å²) in [5.41, 5.74) is 1.41. The number of nitrogens with one attached hydrogen (secondary N) is 1. The average Bonchev–Trinajstić information content (AvgIpc) is 3.19. The van der Waals surface area contributed by atoms with Gasteiger partial charge >= 0.3 is 5.97 Å². The number of hydrogen-bond donors (Lipinski definition) is 1. The van der Waals surface area contributed by atoms with Crippen LogP contribution in [0.1, 0.15) is 53.8 Å². The van der Waals surface area contributed by atoms with Crippen molar-refractivity contribution in [1.29, 1.82) is 0 Å². The summed E-state index contributed by atoms with van der Waals surface area (Å²) < 4.78 is 19.2. The van der Waals surface area contributed by atoms with Gasteiger partial charge in [-0.2, -0.15) is 0 Å². The van der Waals surface area contributed by atoms with Gasteiger partial charge in [0.1, 0.15) is 5.82 Å². The maximum Gasteiger partial charge on any atom is 0.338 e. The van der Waals surface area contributed by atoms with E-state index in [1.165, 1.54) is 29.5 Å². The number of carbonyl (C=O) groups excluding carboxylic acids is 3. The van der Waals surface area contributed by atoms with Crippen LogP contribution in [0.25, 0.3) is 10.2 Å². The van der Waals surface area contributed by atoms with E-state index in [0.717, 1.165) is 11.1 Å². The molecule has 7 nitrogen and oxygen atoms in total. The van der Waals surface area contributed by atoms with E-state index in [1.807, 2.05) is 6.92 Å². The number of thiazole rings is 1. The maximum absolute atomic E-state index is 13.5. The highest BCUT2D eigenvalue weighted by molar-refractivity contribution is 7.22. The summed E-state index contributed by atoms with van der Waals surface area (Å²) in [5, 5.41) is 3.22. The summed E-state index contributed by atoms with van der Waals surface area (Å²) >= 11 is 1.28. The van der Waals surface area contributed by atoms with Crippen LogP contribution in [0.15, 0.2) is 42.5 Å². The molecular weight excluding hydrogens is 445 g/mol. The number of rotatable bonds is 10. The third-order valence-corrected chi connectivity index (χ3v) is 5.76. The Morgan fingerprint density at radius 1 is 1.09 bits per heavy atom. The van der Waals surface area contributed by atoms with Gasteiger partial charge in [-0.05, 0) is 56.2 Å². The number of carbonyl (C=O) groups is 3. The molecule has 1 heterocycles. The zero-order chi connectivity index (χ0) is 23.8. The first kappa shape index (κ1) is 24.3. The molecule has 3 rings (SSSR count). The highest BCUT2D eigenvalue weighted by Gasteiger charge is 2.17. The van der Waals surface area contributed by atoms with Crippen molar-refractivity contribution < 1.29 is 23.5 Å². The first-order chi connectivity index (χ1) is 15.9. The van der Waals surface area contributed by atoms with Crippen molar-refractivity contribution >= 4 is 44.5 Å². The van der Waals surface area contributed by atoms with Gasteiger partial charge in [-0.15, -0.1) is 0 Å². The molecule has 0 saturated carbocycles. The van der Waals surface area contributed by atoms with Gasteiger partial charge in [0.05, 0.1) is 22.4 Å². The van der Waals surface area contributed by atoms with E-state index in [0.29, 0.717) is 47.9 Å². The van der Waals surface area contributed by atoms with Crippen LogP contribution in [0.3, 0.4) is 0 Å². The number of aromatic nitrogens is 1. The Balaban J connectivity index is 1.56. The molecule has 0 atom stereocenters. The third kappa shape index (κ3) is 6.58. The van der Waals surface area contributed by atoms with Crippen LogP contribution in [0, 0.1) is 5.82 Å². The SMILES string of the molecule is CCCN(CCCC(=O)Nc1nc2ccc(C(=O)OCC)cc2s1)C(=O)c1cccc(F)c1. The molecule has 0 fully saturated rings. The monoisotopic (exact) mass is 471 g/mol. The molecule has 1 N–H and O–H groups in total. The highest BCUT2D eigenvalue weighted by Crippen LogP contribution is 2.27. The van der Waals surface area contributed by atoms with E-state index < -0.39 is 11.8 Å². The molecule has 2 aromatic carbocycles. The van der Waals surface area contributed by atoms with Crippen molar-refractivity contribution in [1.82, 2.24) is 9.88 Å². The minimum absolute atomic E-state index is 0.209. The Labute approximate surface area is 195 Å². The molecule has 0 aliphatic carbocycles. The lowest BCUT2D eigenvalue weighted by atomic mass is 10.1. The summed E-state index contributed by atoms with van der Waals surface area (Å²) in [6.07, 6.45) is 1.43. The zero-order valence-electron chi connectivity index (χ0n) is 18.6. The molecule has 0 aliphatic heterocycles. The van der Waals surface area contributed by atoms with E-state index in [4.69, 9.17) is 4.74 Å². The van der Waals surface area contributed by atoms with E-state index >= 15 is 0 Å². The Morgan fingerprint density at radius 3 is 2.64 bits per heavy atom. The number of hydrogen-bond acceptors (Lipinski definition) is 6. The lowest BCUT2D eigenvalue weighted by Crippen LogP contribution is -2.33. The summed E-state index contributed by atoms with van der Waals surface area (Å²) in [7, 11) is 0. The van der Waals surface area contributed by atoms with E-state index in [2.05, 4.69) is 10.3 Å². The number of esters is 1. The lowest BCUT2D eigenvalue weighted by Gasteiger charge is -2.22. The Morgan fingerprint density at radius 2 is 1.91 bits per heavy atom. The molecule has 33 heavy (non-hydrogen) atoms. The predicted molar refractivity (Wildman–Crippen MR) is 126 cm³/mol. The molecule has 0 radical (unpaired) electrons. The largest absolute Gasteiger partial charge is 0.462 e. The molecule has 0 aliphatic rings. The number of ether oxygens (including phenoxy) is 1. The molecule has 3 aromatic rings. The van der Waals surface area contributed by atoms with Crippen molar-refractivity contribution in [3.8, 4) is 0 Å². The van der Waals surface area contributed by atoms with Crippen molar-refractivity contribution in [2.45, 2.75) is 33.1 Å². The van der Waals surface area contributed by atoms with Gasteiger partial charge in [-0.1, -0.05) is 24.3 Å². The molecule has 174 valence electrons. The quantitative estimate of drug-likeness (QED) is 0.426. The van der Waals surface area contributed by atoms with Gasteiger partial charge in [-0.3, -0.25) is 9.59 Å². The van der Waals surface area contributed by atoms with Crippen molar-refractivity contribution in [2.75, 3.05) is 25.0 Å². The predicted octanol–water partition coefficient (Wildman–Crippen LogP) is 4.88. The van der Waals surface area contributed by atoms with Gasteiger partial charge in [0.2, 0.25) is 5.91 Å². The van der Waals surface area contributed by atoms with Gasteiger partial charge in [0.15, 0.2) is 5.13 Å². The first-order valence-electron chi connectivity index (χ1n) is 10.8. The summed E-state index contributed by atoms with van der Waals surface area (Å²) in [6, 6.07) is 10.7. The zero-order valence-corrected chi connectivity index (χ0v) is 19.4. The molecule has 0 unspecified atom stereocenters. The van der Waals surface area contributed by atoms with E-state index in [-0.39, 0.29) is 18.2 Å². The van der Waals surface area contributed by atoms with Gasteiger partial charge in [0, 0.05) is 25.1 Å². The highest BCUT2D eigenvalue weighted by atomic mass is 32.1. The summed E-state index contributed by atoms with van der Waals surface area (Å²) in [6.45, 7) is 4.91. The van der Waals surface area contributed by atoms with Crippen LogP contribution in [0.4, 0.5) is 9.52 Å². The summed E-state index contributed by atoms with van der Waals surface area (Å²) in [4.78, 5) is 43.0. The minimum atomic E-state index is -0.457. The second kappa shape index (κ2) is 11.5. The Kier molecular flexibility index (Phi) is 8.48. The van der Waals surface area contributed by atoms with Crippen LogP contribution < -0.4 is 5.32 Å². The Hall–Kier alpha value is -3.33. The minimum Gasteiger partial charge on any atom is -0.462 e. The maximum atomic E-state index is 13.5. The molecule has 2 amide bonds. The number of nitrogens with zero attached hydrogens (tertiary/aromatic N) is 2. The van der Waals surface area contributed by atoms with Crippen LogP contribution >= 0.6 is 11.3 Å². The normalized spacial score (nSPS) is 10.8. The number of halogens is 1. The van der Waals surface area contributed by atoms with E-state index in [1.54, 1.807) is 36.1 Å². The fraction of sp³-hybridized carbons (Fsp3) is 0.333. The summed E-state index contributed by atoms with van der Waals surface area (Å²) in [5.74, 6) is -1.32. The topological polar surface area (TPSA) is 88.6 Å². The second-order valence-electron chi connectivity index (χ2n) is 7.38. The fourth-order valence-corrected chi connectivity index (χ4v) is 4.24. The fourth-order valence-electron chi connectivity index (χ4n) is 3.32. The first-order valence-corrected chi connectivity index (χ1v) is 11.6. The van der Waals surface area contributed by atoms with Gasteiger partial charge in [-0.25, -0.2) is 14.2 Å². The van der Waals surface area contributed by atoms with Gasteiger partial charge < -0.3 is 15.0 Å². The number of anilines is 1. The molecule has 0 bridgehead atoms. The average molecular weight is 472 g/mol. The van der Waals surface area contributed by atoms with E-state index in [9.17, 15) is 18.8 Å². The lowest BCUT2D eigenvalue weighted by molar-refractivity contribution is -0.116. The number of fused-ring (bicyclic) bond motifs is 1. The molecule has 0 saturated heterocycles. The van der Waals surface area contributed by atoms with Crippen molar-refractivity contribution in [3.63, 3.8) is 0 Å².